The molecule has 0 aromatic heterocycles. The van der Waals surface area contributed by atoms with Crippen molar-refractivity contribution in [3.63, 3.8) is 0 Å². The number of hydrogen-bond acceptors (Lipinski definition) is 3. The van der Waals surface area contributed by atoms with E-state index in [2.05, 4.69) is 6.92 Å². The topological polar surface area (TPSA) is 55.6 Å². The lowest BCUT2D eigenvalue weighted by molar-refractivity contribution is -0.130. The molecule has 4 heteroatoms. The van der Waals surface area contributed by atoms with Crippen LogP contribution in [0.3, 0.4) is 0 Å². The molecule has 1 aromatic carbocycles. The van der Waals surface area contributed by atoms with Crippen molar-refractivity contribution in [3.05, 3.63) is 35.9 Å². The number of nitrogens with two attached hydrogens (primary N) is 1. The van der Waals surface area contributed by atoms with E-state index in [4.69, 9.17) is 10.5 Å². The molecular weight excluding hydrogens is 276 g/mol. The second-order valence-corrected chi connectivity index (χ2v) is 6.15. The molecule has 2 N–H and O–H groups in total. The van der Waals surface area contributed by atoms with E-state index in [1.165, 1.54) is 5.56 Å². The fourth-order valence-electron chi connectivity index (χ4n) is 3.02. The molecule has 0 radical (unpaired) electrons. The van der Waals surface area contributed by atoms with Crippen molar-refractivity contribution in [2.45, 2.75) is 45.3 Å². The number of nitrogens with zero attached hydrogens (tertiary/aromatic N) is 1. The van der Waals surface area contributed by atoms with Gasteiger partial charge in [-0.1, -0.05) is 43.7 Å². The molecule has 0 saturated carbocycles. The second-order valence-electron chi connectivity index (χ2n) is 6.15. The van der Waals surface area contributed by atoms with E-state index in [1.807, 2.05) is 35.2 Å². The highest BCUT2D eigenvalue weighted by molar-refractivity contribution is 5.76. The molecule has 1 aliphatic heterocycles. The van der Waals surface area contributed by atoms with Gasteiger partial charge in [-0.3, -0.25) is 4.79 Å². The quantitative estimate of drug-likeness (QED) is 0.751. The summed E-state index contributed by atoms with van der Waals surface area (Å²) < 4.78 is 5.62. The van der Waals surface area contributed by atoms with E-state index in [9.17, 15) is 4.79 Å². The van der Waals surface area contributed by atoms with Crippen LogP contribution in [-0.2, 0) is 16.1 Å². The van der Waals surface area contributed by atoms with E-state index in [1.54, 1.807) is 0 Å². The van der Waals surface area contributed by atoms with Gasteiger partial charge in [0.2, 0.25) is 5.91 Å². The van der Waals surface area contributed by atoms with Crippen LogP contribution in [-0.4, -0.2) is 36.5 Å². The average Bonchev–Trinajstić information content (AvgIpc) is 2.89. The fourth-order valence-corrected chi connectivity index (χ4v) is 3.02. The molecule has 1 aromatic rings. The minimum Gasteiger partial charge on any atom is -0.377 e. The van der Waals surface area contributed by atoms with Gasteiger partial charge in [0, 0.05) is 32.2 Å². The number of likely N-dealkylation sites (tertiary alicyclic amines) is 1. The summed E-state index contributed by atoms with van der Waals surface area (Å²) in [6, 6.07) is 10.2. The standard InChI is InChI=1S/C18H28N2O2/c1-2-7-16-12-20(13-17(16)19)18(21)10-6-11-22-14-15-8-4-3-5-9-15/h3-5,8-9,16-17H,2,6-7,10-14,19H2,1H3/t16-,17-/m1/s1. The van der Waals surface area contributed by atoms with Crippen molar-refractivity contribution in [1.82, 2.24) is 4.90 Å². The molecule has 1 aliphatic rings. The maximum Gasteiger partial charge on any atom is 0.222 e. The molecule has 1 heterocycles. The first-order valence-corrected chi connectivity index (χ1v) is 8.35. The summed E-state index contributed by atoms with van der Waals surface area (Å²) in [5.41, 5.74) is 7.28. The lowest BCUT2D eigenvalue weighted by Gasteiger charge is -2.16. The second kappa shape index (κ2) is 8.91. The van der Waals surface area contributed by atoms with Crippen LogP contribution >= 0.6 is 0 Å². The Balaban J connectivity index is 1.60. The number of benzene rings is 1. The number of hydrogen-bond donors (Lipinski definition) is 1. The van der Waals surface area contributed by atoms with Gasteiger partial charge in [0.25, 0.3) is 0 Å². The van der Waals surface area contributed by atoms with Crippen molar-refractivity contribution >= 4 is 5.91 Å². The molecule has 0 spiro atoms. The van der Waals surface area contributed by atoms with Crippen molar-refractivity contribution in [3.8, 4) is 0 Å². The van der Waals surface area contributed by atoms with Crippen LogP contribution in [0.4, 0.5) is 0 Å². The Morgan fingerprint density at radius 1 is 1.32 bits per heavy atom. The molecule has 2 atom stereocenters. The van der Waals surface area contributed by atoms with Crippen LogP contribution in [0.5, 0.6) is 0 Å². The van der Waals surface area contributed by atoms with Gasteiger partial charge in [-0.25, -0.2) is 0 Å². The third kappa shape index (κ3) is 5.11. The first-order valence-electron chi connectivity index (χ1n) is 8.35. The SMILES string of the molecule is CCC[C@@H]1CN(C(=O)CCCOCc2ccccc2)C[C@H]1N. The largest absolute Gasteiger partial charge is 0.377 e. The van der Waals surface area contributed by atoms with Gasteiger partial charge in [0.05, 0.1) is 6.61 Å². The summed E-state index contributed by atoms with van der Waals surface area (Å²) in [4.78, 5) is 14.1. The third-order valence-corrected chi connectivity index (χ3v) is 4.29. The smallest absolute Gasteiger partial charge is 0.222 e. The van der Waals surface area contributed by atoms with Gasteiger partial charge in [-0.2, -0.15) is 0 Å². The first kappa shape index (κ1) is 17.0. The van der Waals surface area contributed by atoms with Crippen LogP contribution in [0, 0.1) is 5.92 Å². The highest BCUT2D eigenvalue weighted by atomic mass is 16.5. The Hall–Kier alpha value is -1.39. The van der Waals surface area contributed by atoms with Gasteiger partial charge in [-0.05, 0) is 24.3 Å². The zero-order chi connectivity index (χ0) is 15.8. The van der Waals surface area contributed by atoms with Gasteiger partial charge in [0.1, 0.15) is 0 Å². The van der Waals surface area contributed by atoms with Gasteiger partial charge in [-0.15, -0.1) is 0 Å². The zero-order valence-electron chi connectivity index (χ0n) is 13.5. The van der Waals surface area contributed by atoms with Crippen LogP contribution < -0.4 is 5.73 Å². The minimum absolute atomic E-state index is 0.151. The van der Waals surface area contributed by atoms with Crippen LogP contribution in [0.25, 0.3) is 0 Å². The number of carbonyl (C=O) groups excluding carboxylic acids is 1. The maximum absolute atomic E-state index is 12.2. The molecule has 1 saturated heterocycles. The Bertz CT molecular complexity index is 450. The third-order valence-electron chi connectivity index (χ3n) is 4.29. The number of ether oxygens (including phenoxy) is 1. The highest BCUT2D eigenvalue weighted by Gasteiger charge is 2.31. The Morgan fingerprint density at radius 2 is 2.09 bits per heavy atom. The predicted octanol–water partition coefficient (Wildman–Crippen LogP) is 2.57. The van der Waals surface area contributed by atoms with E-state index in [0.29, 0.717) is 32.1 Å². The molecule has 0 aliphatic carbocycles. The van der Waals surface area contributed by atoms with E-state index < -0.39 is 0 Å². The minimum atomic E-state index is 0.151. The molecule has 1 amide bonds. The molecule has 0 bridgehead atoms. The molecule has 22 heavy (non-hydrogen) atoms. The molecule has 2 rings (SSSR count). The average molecular weight is 304 g/mol. The summed E-state index contributed by atoms with van der Waals surface area (Å²) in [6.45, 7) is 4.95. The summed E-state index contributed by atoms with van der Waals surface area (Å²) >= 11 is 0. The fraction of sp³-hybridized carbons (Fsp3) is 0.611. The summed E-state index contributed by atoms with van der Waals surface area (Å²) in [5.74, 6) is 0.695. The first-order chi connectivity index (χ1) is 10.7. The number of amides is 1. The monoisotopic (exact) mass is 304 g/mol. The molecule has 4 nitrogen and oxygen atoms in total. The Kier molecular flexibility index (Phi) is 6.87. The van der Waals surface area contributed by atoms with Crippen LogP contribution in [0.2, 0.25) is 0 Å². The van der Waals surface area contributed by atoms with E-state index in [0.717, 1.165) is 25.8 Å². The van der Waals surface area contributed by atoms with Crippen LogP contribution in [0.15, 0.2) is 30.3 Å². The summed E-state index contributed by atoms with van der Waals surface area (Å²) in [5, 5.41) is 0. The van der Waals surface area contributed by atoms with Gasteiger partial charge >= 0.3 is 0 Å². The van der Waals surface area contributed by atoms with E-state index in [-0.39, 0.29) is 11.9 Å². The van der Waals surface area contributed by atoms with Crippen molar-refractivity contribution in [2.24, 2.45) is 11.7 Å². The molecule has 0 unspecified atom stereocenters. The predicted molar refractivity (Wildman–Crippen MR) is 88.3 cm³/mol. The number of carbonyl (C=O) groups is 1. The Morgan fingerprint density at radius 3 is 2.82 bits per heavy atom. The summed E-state index contributed by atoms with van der Waals surface area (Å²) in [7, 11) is 0. The Labute approximate surface area is 133 Å². The zero-order valence-corrected chi connectivity index (χ0v) is 13.5. The lowest BCUT2D eigenvalue weighted by Crippen LogP contribution is -2.32. The van der Waals surface area contributed by atoms with Crippen LogP contribution in [0.1, 0.15) is 38.2 Å². The van der Waals surface area contributed by atoms with E-state index >= 15 is 0 Å². The van der Waals surface area contributed by atoms with Crippen molar-refractivity contribution in [1.29, 1.82) is 0 Å². The maximum atomic E-state index is 12.2. The van der Waals surface area contributed by atoms with Crippen molar-refractivity contribution in [2.75, 3.05) is 19.7 Å². The number of rotatable bonds is 8. The molecule has 1 fully saturated rings. The summed E-state index contributed by atoms with van der Waals surface area (Å²) in [6.07, 6.45) is 3.58. The van der Waals surface area contributed by atoms with Gasteiger partial charge < -0.3 is 15.4 Å². The lowest BCUT2D eigenvalue weighted by atomic mass is 9.99. The molecular formula is C18H28N2O2. The normalized spacial score (nSPS) is 21.3. The highest BCUT2D eigenvalue weighted by Crippen LogP contribution is 2.21. The molecule has 122 valence electrons. The van der Waals surface area contributed by atoms with Crippen molar-refractivity contribution < 1.29 is 9.53 Å². The van der Waals surface area contributed by atoms with Gasteiger partial charge in [0.15, 0.2) is 0 Å².